The van der Waals surface area contributed by atoms with Crippen LogP contribution in [-0.2, 0) is 11.2 Å². The van der Waals surface area contributed by atoms with Crippen molar-refractivity contribution in [2.45, 2.75) is 12.8 Å². The molecule has 14 heavy (non-hydrogen) atoms. The molecule has 1 amide bonds. The lowest BCUT2D eigenvalue weighted by atomic mass is 10.2. The van der Waals surface area contributed by atoms with Gasteiger partial charge in [-0.15, -0.1) is 11.6 Å². The Balaban J connectivity index is 2.21. The number of carbonyl (C=O) groups excluding carboxylic acids is 1. The van der Waals surface area contributed by atoms with Crippen LogP contribution >= 0.6 is 11.6 Å². The lowest BCUT2D eigenvalue weighted by Crippen LogP contribution is -2.28. The quantitative estimate of drug-likeness (QED) is 0.684. The lowest BCUT2D eigenvalue weighted by Gasteiger charge is -2.16. The van der Waals surface area contributed by atoms with Gasteiger partial charge in [0.2, 0.25) is 5.91 Å². The Kier molecular flexibility index (Phi) is 2.73. The van der Waals surface area contributed by atoms with E-state index < -0.39 is 0 Å². The lowest BCUT2D eigenvalue weighted by molar-refractivity contribution is -0.118. The first-order chi connectivity index (χ1) is 6.83. The zero-order chi connectivity index (χ0) is 9.97. The number of hydrogen-bond acceptors (Lipinski definition) is 1. The summed E-state index contributed by atoms with van der Waals surface area (Å²) in [4.78, 5) is 13.5. The van der Waals surface area contributed by atoms with Gasteiger partial charge in [-0.25, -0.2) is 0 Å². The highest BCUT2D eigenvalue weighted by molar-refractivity contribution is 6.19. The number of nitrogens with zero attached hydrogens (tertiary/aromatic N) is 1. The molecular formula is C11H12ClNO. The van der Waals surface area contributed by atoms with Gasteiger partial charge in [-0.3, -0.25) is 4.79 Å². The Hall–Kier alpha value is -1.02. The molecule has 0 saturated carbocycles. The molecule has 2 rings (SSSR count). The van der Waals surface area contributed by atoms with Crippen molar-refractivity contribution in [2.75, 3.05) is 17.3 Å². The van der Waals surface area contributed by atoms with E-state index in [1.54, 1.807) is 0 Å². The van der Waals surface area contributed by atoms with Crippen molar-refractivity contribution < 1.29 is 4.79 Å². The number of benzene rings is 1. The fourth-order valence-corrected chi connectivity index (χ4v) is 1.97. The van der Waals surface area contributed by atoms with Crippen LogP contribution in [0.1, 0.15) is 12.0 Å². The highest BCUT2D eigenvalue weighted by atomic mass is 35.5. The van der Waals surface area contributed by atoms with E-state index in [0.29, 0.717) is 12.3 Å². The van der Waals surface area contributed by atoms with Crippen molar-refractivity contribution in [2.24, 2.45) is 0 Å². The molecule has 0 bridgehead atoms. The summed E-state index contributed by atoms with van der Waals surface area (Å²) in [7, 11) is 0. The van der Waals surface area contributed by atoms with E-state index in [-0.39, 0.29) is 5.91 Å². The minimum Gasteiger partial charge on any atom is -0.312 e. The van der Waals surface area contributed by atoms with E-state index >= 15 is 0 Å². The zero-order valence-electron chi connectivity index (χ0n) is 7.87. The van der Waals surface area contributed by atoms with Gasteiger partial charge in [-0.2, -0.15) is 0 Å². The predicted octanol–water partition coefficient (Wildman–Crippen LogP) is 2.20. The summed E-state index contributed by atoms with van der Waals surface area (Å²) >= 11 is 5.55. The van der Waals surface area contributed by atoms with Gasteiger partial charge in [-0.1, -0.05) is 18.2 Å². The van der Waals surface area contributed by atoms with Crippen molar-refractivity contribution in [3.05, 3.63) is 29.8 Å². The van der Waals surface area contributed by atoms with Gasteiger partial charge in [0.15, 0.2) is 0 Å². The standard InChI is InChI=1S/C11H12ClNO/c12-7-5-11(14)13-8-6-9-3-1-2-4-10(9)13/h1-4H,5-8H2. The van der Waals surface area contributed by atoms with Crippen LogP contribution in [0.2, 0.25) is 0 Å². The molecule has 1 aliphatic heterocycles. The largest absolute Gasteiger partial charge is 0.312 e. The molecule has 3 heteroatoms. The summed E-state index contributed by atoms with van der Waals surface area (Å²) in [5.41, 5.74) is 2.32. The molecule has 0 radical (unpaired) electrons. The molecule has 0 aliphatic carbocycles. The van der Waals surface area contributed by atoms with Gasteiger partial charge in [0, 0.05) is 24.5 Å². The molecule has 0 spiro atoms. The normalized spacial score (nSPS) is 14.2. The fourth-order valence-electron chi connectivity index (χ4n) is 1.81. The van der Waals surface area contributed by atoms with Crippen LogP contribution in [0.15, 0.2) is 24.3 Å². The first-order valence-electron chi connectivity index (χ1n) is 4.77. The van der Waals surface area contributed by atoms with E-state index in [0.717, 1.165) is 18.7 Å². The Labute approximate surface area is 88.5 Å². The molecule has 0 atom stereocenters. The molecule has 2 nitrogen and oxygen atoms in total. The first-order valence-corrected chi connectivity index (χ1v) is 5.30. The topological polar surface area (TPSA) is 20.3 Å². The Morgan fingerprint density at radius 2 is 2.21 bits per heavy atom. The average Bonchev–Trinajstić information content (AvgIpc) is 2.61. The second-order valence-electron chi connectivity index (χ2n) is 3.36. The zero-order valence-corrected chi connectivity index (χ0v) is 8.63. The number of halogens is 1. The van der Waals surface area contributed by atoms with E-state index in [4.69, 9.17) is 11.6 Å². The molecule has 1 aromatic rings. The van der Waals surface area contributed by atoms with Crippen molar-refractivity contribution in [3.63, 3.8) is 0 Å². The molecule has 0 unspecified atom stereocenters. The van der Waals surface area contributed by atoms with Crippen molar-refractivity contribution in [1.29, 1.82) is 0 Å². The van der Waals surface area contributed by atoms with Gasteiger partial charge in [-0.05, 0) is 18.1 Å². The number of fused-ring (bicyclic) bond motifs is 1. The van der Waals surface area contributed by atoms with Crippen LogP contribution in [-0.4, -0.2) is 18.3 Å². The second kappa shape index (κ2) is 4.01. The van der Waals surface area contributed by atoms with Gasteiger partial charge >= 0.3 is 0 Å². The predicted molar refractivity (Wildman–Crippen MR) is 57.8 cm³/mol. The number of amides is 1. The summed E-state index contributed by atoms with van der Waals surface area (Å²) in [5.74, 6) is 0.530. The van der Waals surface area contributed by atoms with Crippen LogP contribution in [0.5, 0.6) is 0 Å². The number of alkyl halides is 1. The highest BCUT2D eigenvalue weighted by Crippen LogP contribution is 2.27. The number of rotatable bonds is 2. The maximum Gasteiger partial charge on any atom is 0.228 e. The summed E-state index contributed by atoms with van der Waals surface area (Å²) in [5, 5.41) is 0. The van der Waals surface area contributed by atoms with Crippen LogP contribution in [0.25, 0.3) is 0 Å². The summed E-state index contributed by atoms with van der Waals surface area (Å²) in [6.45, 7) is 0.801. The SMILES string of the molecule is O=C(CCCl)N1CCc2ccccc21. The molecule has 74 valence electrons. The van der Waals surface area contributed by atoms with Gasteiger partial charge in [0.1, 0.15) is 0 Å². The van der Waals surface area contributed by atoms with Crippen LogP contribution in [0, 0.1) is 0 Å². The van der Waals surface area contributed by atoms with Crippen molar-refractivity contribution >= 4 is 23.2 Å². The molecule has 1 aliphatic rings. The van der Waals surface area contributed by atoms with Crippen LogP contribution in [0.3, 0.4) is 0 Å². The number of carbonyl (C=O) groups is 1. The van der Waals surface area contributed by atoms with Crippen molar-refractivity contribution in [3.8, 4) is 0 Å². The maximum absolute atomic E-state index is 11.6. The minimum absolute atomic E-state index is 0.130. The van der Waals surface area contributed by atoms with Gasteiger partial charge in [0.05, 0.1) is 0 Å². The highest BCUT2D eigenvalue weighted by Gasteiger charge is 2.22. The Bertz CT molecular complexity index is 351. The minimum atomic E-state index is 0.130. The number of hydrogen-bond donors (Lipinski definition) is 0. The van der Waals surface area contributed by atoms with E-state index in [1.165, 1.54) is 5.56 Å². The maximum atomic E-state index is 11.6. The molecule has 0 saturated heterocycles. The van der Waals surface area contributed by atoms with Gasteiger partial charge in [0.25, 0.3) is 0 Å². The van der Waals surface area contributed by atoms with Crippen LogP contribution in [0.4, 0.5) is 5.69 Å². The molecule has 0 N–H and O–H groups in total. The molecular weight excluding hydrogens is 198 g/mol. The van der Waals surface area contributed by atoms with Gasteiger partial charge < -0.3 is 4.90 Å². The van der Waals surface area contributed by atoms with E-state index in [2.05, 4.69) is 6.07 Å². The molecule has 1 heterocycles. The molecule has 0 aromatic heterocycles. The summed E-state index contributed by atoms with van der Waals surface area (Å²) in [6, 6.07) is 8.04. The smallest absolute Gasteiger partial charge is 0.228 e. The third-order valence-electron chi connectivity index (χ3n) is 2.50. The van der Waals surface area contributed by atoms with E-state index in [9.17, 15) is 4.79 Å². The average molecular weight is 210 g/mol. The number of anilines is 1. The fraction of sp³-hybridized carbons (Fsp3) is 0.364. The third-order valence-corrected chi connectivity index (χ3v) is 2.69. The third kappa shape index (κ3) is 1.62. The number of para-hydroxylation sites is 1. The summed E-state index contributed by atoms with van der Waals surface area (Å²) in [6.07, 6.45) is 1.39. The van der Waals surface area contributed by atoms with Crippen LogP contribution < -0.4 is 4.90 Å². The Morgan fingerprint density at radius 1 is 1.43 bits per heavy atom. The molecule has 0 fully saturated rings. The van der Waals surface area contributed by atoms with E-state index in [1.807, 2.05) is 23.1 Å². The Morgan fingerprint density at radius 3 is 3.00 bits per heavy atom. The first kappa shape index (κ1) is 9.53. The monoisotopic (exact) mass is 209 g/mol. The van der Waals surface area contributed by atoms with Crippen molar-refractivity contribution in [1.82, 2.24) is 0 Å². The molecule has 1 aromatic carbocycles. The second-order valence-corrected chi connectivity index (χ2v) is 3.74. The summed E-state index contributed by atoms with van der Waals surface area (Å²) < 4.78 is 0.